The van der Waals surface area contributed by atoms with Crippen LogP contribution in [0.5, 0.6) is 0 Å². The zero-order valence-corrected chi connectivity index (χ0v) is 11.3. The standard InChI is InChI=1S/C13H20N2O5/c16-11-2-1-10(14-11)13(19)15-6-3-9(4-7-15)20-8-5-12(17)18/h9-10H,1-8H2,(H,14,16)(H,17,18)/t10-/m0/s1. The van der Waals surface area contributed by atoms with Crippen molar-refractivity contribution in [3.05, 3.63) is 0 Å². The summed E-state index contributed by atoms with van der Waals surface area (Å²) in [6.45, 7) is 1.42. The molecule has 112 valence electrons. The third kappa shape index (κ3) is 3.93. The van der Waals surface area contributed by atoms with Gasteiger partial charge in [0.05, 0.1) is 19.1 Å². The summed E-state index contributed by atoms with van der Waals surface area (Å²) in [7, 11) is 0. The van der Waals surface area contributed by atoms with Gasteiger partial charge in [0.1, 0.15) is 6.04 Å². The lowest BCUT2D eigenvalue weighted by Gasteiger charge is -2.33. The topological polar surface area (TPSA) is 95.9 Å². The highest BCUT2D eigenvalue weighted by atomic mass is 16.5. The van der Waals surface area contributed by atoms with Crippen LogP contribution in [-0.4, -0.2) is 59.6 Å². The molecule has 2 aliphatic heterocycles. The van der Waals surface area contributed by atoms with E-state index >= 15 is 0 Å². The number of piperidine rings is 1. The summed E-state index contributed by atoms with van der Waals surface area (Å²) in [6, 6.07) is -0.369. The Morgan fingerprint density at radius 1 is 1.30 bits per heavy atom. The average molecular weight is 284 g/mol. The molecule has 0 aromatic rings. The molecular formula is C13H20N2O5. The van der Waals surface area contributed by atoms with E-state index in [1.165, 1.54) is 0 Å². The summed E-state index contributed by atoms with van der Waals surface area (Å²) in [5.74, 6) is -0.940. The fourth-order valence-corrected chi connectivity index (χ4v) is 2.58. The van der Waals surface area contributed by atoms with E-state index in [2.05, 4.69) is 5.32 Å². The second-order valence-electron chi connectivity index (χ2n) is 5.20. The number of nitrogens with zero attached hydrogens (tertiary/aromatic N) is 1. The number of carboxylic acids is 1. The minimum absolute atomic E-state index is 0.00719. The lowest BCUT2D eigenvalue weighted by molar-refractivity contribution is -0.139. The van der Waals surface area contributed by atoms with Gasteiger partial charge in [0, 0.05) is 19.5 Å². The maximum Gasteiger partial charge on any atom is 0.305 e. The predicted octanol–water partition coefficient (Wildman–Crippen LogP) is -0.253. The van der Waals surface area contributed by atoms with Crippen molar-refractivity contribution < 1.29 is 24.2 Å². The van der Waals surface area contributed by atoms with E-state index in [1.807, 2.05) is 0 Å². The lowest BCUT2D eigenvalue weighted by Crippen LogP contribution is -2.48. The molecule has 2 amide bonds. The fourth-order valence-electron chi connectivity index (χ4n) is 2.58. The Kier molecular flexibility index (Phi) is 4.94. The van der Waals surface area contributed by atoms with E-state index in [9.17, 15) is 14.4 Å². The molecule has 20 heavy (non-hydrogen) atoms. The molecule has 2 saturated heterocycles. The molecule has 1 atom stereocenters. The number of carboxylic acid groups (broad SMARTS) is 1. The minimum atomic E-state index is -0.866. The van der Waals surface area contributed by atoms with Crippen LogP contribution in [0.3, 0.4) is 0 Å². The van der Waals surface area contributed by atoms with Crippen LogP contribution in [0.25, 0.3) is 0 Å². The molecule has 2 aliphatic rings. The van der Waals surface area contributed by atoms with Crippen LogP contribution in [0.2, 0.25) is 0 Å². The number of rotatable bonds is 5. The molecule has 0 radical (unpaired) electrons. The molecule has 7 nitrogen and oxygen atoms in total. The highest BCUT2D eigenvalue weighted by molar-refractivity contribution is 5.90. The van der Waals surface area contributed by atoms with Crippen molar-refractivity contribution in [1.29, 1.82) is 0 Å². The van der Waals surface area contributed by atoms with Crippen LogP contribution in [0.1, 0.15) is 32.1 Å². The van der Waals surface area contributed by atoms with E-state index in [0.717, 1.165) is 0 Å². The van der Waals surface area contributed by atoms with E-state index in [0.29, 0.717) is 38.8 Å². The van der Waals surface area contributed by atoms with Crippen molar-refractivity contribution in [3.8, 4) is 0 Å². The number of carbonyl (C=O) groups excluding carboxylic acids is 2. The molecule has 2 N–H and O–H groups in total. The number of aliphatic carboxylic acids is 1. The van der Waals surface area contributed by atoms with Crippen LogP contribution in [0.4, 0.5) is 0 Å². The van der Waals surface area contributed by atoms with Gasteiger partial charge < -0.3 is 20.1 Å². The van der Waals surface area contributed by atoms with Crippen molar-refractivity contribution in [1.82, 2.24) is 10.2 Å². The molecule has 0 saturated carbocycles. The largest absolute Gasteiger partial charge is 0.481 e. The quantitative estimate of drug-likeness (QED) is 0.725. The fraction of sp³-hybridized carbons (Fsp3) is 0.769. The SMILES string of the molecule is O=C(O)CCOC1CCN(C(=O)[C@@H]2CCC(=O)N2)CC1. The number of nitrogens with one attached hydrogen (secondary N) is 1. The molecule has 0 aliphatic carbocycles. The summed E-state index contributed by atoms with van der Waals surface area (Å²) in [5.41, 5.74) is 0. The Morgan fingerprint density at radius 2 is 2.00 bits per heavy atom. The van der Waals surface area contributed by atoms with Crippen molar-refractivity contribution in [2.45, 2.75) is 44.2 Å². The van der Waals surface area contributed by atoms with Gasteiger partial charge >= 0.3 is 5.97 Å². The van der Waals surface area contributed by atoms with Crippen molar-refractivity contribution in [2.75, 3.05) is 19.7 Å². The van der Waals surface area contributed by atoms with Crippen LogP contribution < -0.4 is 5.32 Å². The van der Waals surface area contributed by atoms with Crippen molar-refractivity contribution >= 4 is 17.8 Å². The van der Waals surface area contributed by atoms with E-state index in [4.69, 9.17) is 9.84 Å². The van der Waals surface area contributed by atoms with Crippen LogP contribution in [0, 0.1) is 0 Å². The van der Waals surface area contributed by atoms with Gasteiger partial charge in [-0.15, -0.1) is 0 Å². The molecule has 0 unspecified atom stereocenters. The van der Waals surface area contributed by atoms with Gasteiger partial charge in [0.15, 0.2) is 0 Å². The number of ether oxygens (including phenoxy) is 1. The lowest BCUT2D eigenvalue weighted by atomic mass is 10.1. The number of carbonyl (C=O) groups is 3. The van der Waals surface area contributed by atoms with E-state index in [-0.39, 0.29) is 37.0 Å². The minimum Gasteiger partial charge on any atom is -0.481 e. The van der Waals surface area contributed by atoms with Gasteiger partial charge in [-0.05, 0) is 19.3 Å². The van der Waals surface area contributed by atoms with Gasteiger partial charge in [-0.3, -0.25) is 14.4 Å². The van der Waals surface area contributed by atoms with Gasteiger partial charge in [-0.1, -0.05) is 0 Å². The molecule has 0 aromatic carbocycles. The first-order chi connectivity index (χ1) is 9.56. The van der Waals surface area contributed by atoms with Gasteiger partial charge in [-0.2, -0.15) is 0 Å². The summed E-state index contributed by atoms with van der Waals surface area (Å²) in [5, 5.41) is 11.2. The maximum atomic E-state index is 12.1. The summed E-state index contributed by atoms with van der Waals surface area (Å²) in [6.07, 6.45) is 2.46. The van der Waals surface area contributed by atoms with Gasteiger partial charge in [0.2, 0.25) is 11.8 Å². The summed E-state index contributed by atoms with van der Waals surface area (Å²) in [4.78, 5) is 35.4. The van der Waals surface area contributed by atoms with Gasteiger partial charge in [0.25, 0.3) is 0 Å². The Labute approximate surface area is 117 Å². The zero-order valence-electron chi connectivity index (χ0n) is 11.3. The maximum absolute atomic E-state index is 12.1. The Morgan fingerprint density at radius 3 is 2.55 bits per heavy atom. The molecule has 0 spiro atoms. The van der Waals surface area contributed by atoms with Crippen LogP contribution in [0.15, 0.2) is 0 Å². The normalized spacial score (nSPS) is 23.7. The smallest absolute Gasteiger partial charge is 0.305 e. The van der Waals surface area contributed by atoms with E-state index in [1.54, 1.807) is 4.90 Å². The summed E-state index contributed by atoms with van der Waals surface area (Å²) < 4.78 is 5.48. The number of likely N-dealkylation sites (tertiary alicyclic amines) is 1. The highest BCUT2D eigenvalue weighted by Gasteiger charge is 2.32. The number of amides is 2. The van der Waals surface area contributed by atoms with Crippen molar-refractivity contribution in [2.24, 2.45) is 0 Å². The number of hydrogen-bond donors (Lipinski definition) is 2. The molecule has 2 rings (SSSR count). The first-order valence-corrected chi connectivity index (χ1v) is 6.98. The third-order valence-corrected chi connectivity index (χ3v) is 3.72. The van der Waals surface area contributed by atoms with Crippen LogP contribution in [-0.2, 0) is 19.1 Å². The molecule has 2 fully saturated rings. The molecule has 0 bridgehead atoms. The van der Waals surface area contributed by atoms with Crippen molar-refractivity contribution in [3.63, 3.8) is 0 Å². The monoisotopic (exact) mass is 284 g/mol. The predicted molar refractivity (Wildman–Crippen MR) is 69.0 cm³/mol. The first kappa shape index (κ1) is 14.8. The van der Waals surface area contributed by atoms with E-state index < -0.39 is 5.97 Å². The third-order valence-electron chi connectivity index (χ3n) is 3.72. The molecule has 2 heterocycles. The Balaban J connectivity index is 1.69. The Hall–Kier alpha value is -1.63. The second kappa shape index (κ2) is 6.69. The summed E-state index contributed by atoms with van der Waals surface area (Å²) >= 11 is 0. The average Bonchev–Trinajstić information content (AvgIpc) is 2.85. The molecular weight excluding hydrogens is 264 g/mol. The highest BCUT2D eigenvalue weighted by Crippen LogP contribution is 2.17. The Bertz CT molecular complexity index is 390. The number of hydrogen-bond acceptors (Lipinski definition) is 4. The second-order valence-corrected chi connectivity index (χ2v) is 5.20. The zero-order chi connectivity index (χ0) is 14.5. The molecule has 0 aromatic heterocycles. The van der Waals surface area contributed by atoms with Crippen LogP contribution >= 0.6 is 0 Å². The van der Waals surface area contributed by atoms with Gasteiger partial charge in [-0.25, -0.2) is 0 Å². The first-order valence-electron chi connectivity index (χ1n) is 6.98. The molecule has 7 heteroatoms.